The number of nitrogens with one attached hydrogen (secondary N) is 1. The first kappa shape index (κ1) is 17.0. The number of hydrogen-bond donors (Lipinski definition) is 2. The maximum atomic E-state index is 11.9. The molecular weight excluding hydrogens is 291 g/mol. The van der Waals surface area contributed by atoms with Gasteiger partial charge in [-0.15, -0.1) is 0 Å². The van der Waals surface area contributed by atoms with Crippen LogP contribution in [0.15, 0.2) is 12.1 Å². The molecule has 0 aliphatic carbocycles. The first-order valence-electron chi connectivity index (χ1n) is 5.89. The summed E-state index contributed by atoms with van der Waals surface area (Å²) in [4.78, 5) is 22.5. The van der Waals surface area contributed by atoms with Crippen molar-refractivity contribution >= 4 is 17.6 Å². The molecule has 1 rings (SSSR count). The van der Waals surface area contributed by atoms with Gasteiger partial charge in [-0.3, -0.25) is 4.79 Å². The Morgan fingerprint density at radius 3 is 2.43 bits per heavy atom. The number of alkyl halides is 3. The Bertz CT molecular complexity index is 555. The lowest BCUT2D eigenvalue weighted by Crippen LogP contribution is -2.24. The largest absolute Gasteiger partial charge is 0.478 e. The van der Waals surface area contributed by atoms with E-state index in [2.05, 4.69) is 10.1 Å². The molecule has 116 valence electrons. The lowest BCUT2D eigenvalue weighted by Gasteiger charge is -2.11. The Hall–Kier alpha value is -2.09. The third-order valence-corrected chi connectivity index (χ3v) is 2.68. The molecule has 21 heavy (non-hydrogen) atoms. The lowest BCUT2D eigenvalue weighted by atomic mass is 10.0. The van der Waals surface area contributed by atoms with Gasteiger partial charge in [-0.25, -0.2) is 4.79 Å². The van der Waals surface area contributed by atoms with Gasteiger partial charge in [0.1, 0.15) is 13.2 Å². The Balaban J connectivity index is 2.71. The number of amides is 1. The average Bonchev–Trinajstić information content (AvgIpc) is 2.31. The summed E-state index contributed by atoms with van der Waals surface area (Å²) in [5.74, 6) is -1.95. The molecule has 0 saturated heterocycles. The van der Waals surface area contributed by atoms with Crippen molar-refractivity contribution in [2.24, 2.45) is 0 Å². The highest BCUT2D eigenvalue weighted by Crippen LogP contribution is 2.20. The van der Waals surface area contributed by atoms with Gasteiger partial charge in [0.15, 0.2) is 0 Å². The molecule has 0 aliphatic heterocycles. The number of benzene rings is 1. The number of aryl methyl sites for hydroxylation is 1. The van der Waals surface area contributed by atoms with Gasteiger partial charge in [0.05, 0.1) is 5.56 Å². The number of halogens is 3. The quantitative estimate of drug-likeness (QED) is 0.876. The van der Waals surface area contributed by atoms with E-state index < -0.39 is 31.3 Å². The summed E-state index contributed by atoms with van der Waals surface area (Å²) in [7, 11) is 0. The number of rotatable bonds is 5. The van der Waals surface area contributed by atoms with Crippen LogP contribution < -0.4 is 5.32 Å². The molecule has 1 aromatic rings. The van der Waals surface area contributed by atoms with Crippen molar-refractivity contribution < 1.29 is 32.6 Å². The molecule has 2 N–H and O–H groups in total. The molecule has 0 aromatic heterocycles. The van der Waals surface area contributed by atoms with Crippen LogP contribution in [0.1, 0.15) is 21.5 Å². The molecule has 1 amide bonds. The summed E-state index contributed by atoms with van der Waals surface area (Å²) in [5, 5.41) is 11.3. The molecule has 0 atom stereocenters. The van der Waals surface area contributed by atoms with Crippen LogP contribution in [0.3, 0.4) is 0 Å². The van der Waals surface area contributed by atoms with E-state index >= 15 is 0 Å². The van der Waals surface area contributed by atoms with E-state index in [4.69, 9.17) is 5.11 Å². The van der Waals surface area contributed by atoms with E-state index in [0.29, 0.717) is 11.1 Å². The predicted molar refractivity (Wildman–Crippen MR) is 68.4 cm³/mol. The van der Waals surface area contributed by atoms with Crippen LogP contribution in [0.4, 0.5) is 18.9 Å². The molecule has 8 heteroatoms. The number of carbonyl (C=O) groups is 2. The molecule has 5 nitrogen and oxygen atoms in total. The number of anilines is 1. The highest BCUT2D eigenvalue weighted by atomic mass is 19.4. The van der Waals surface area contributed by atoms with Gasteiger partial charge in [0.2, 0.25) is 5.91 Å². The van der Waals surface area contributed by atoms with Crippen LogP contribution in [0.25, 0.3) is 0 Å². The zero-order chi connectivity index (χ0) is 16.2. The zero-order valence-corrected chi connectivity index (χ0v) is 11.4. The Labute approximate surface area is 118 Å². The molecular formula is C13H14F3NO4. The van der Waals surface area contributed by atoms with Crippen LogP contribution in [-0.2, 0) is 9.53 Å². The van der Waals surface area contributed by atoms with Crippen molar-refractivity contribution in [3.8, 4) is 0 Å². The van der Waals surface area contributed by atoms with Gasteiger partial charge in [-0.05, 0) is 37.1 Å². The van der Waals surface area contributed by atoms with Gasteiger partial charge in [-0.2, -0.15) is 13.2 Å². The second kappa shape index (κ2) is 6.57. The van der Waals surface area contributed by atoms with E-state index in [9.17, 15) is 22.8 Å². The van der Waals surface area contributed by atoms with Gasteiger partial charge >= 0.3 is 12.1 Å². The second-order valence-electron chi connectivity index (χ2n) is 4.43. The molecule has 0 unspecified atom stereocenters. The number of carboxylic acids is 1. The van der Waals surface area contributed by atoms with Crippen molar-refractivity contribution in [2.45, 2.75) is 20.0 Å². The molecule has 0 fully saturated rings. The Kier molecular flexibility index (Phi) is 5.31. The van der Waals surface area contributed by atoms with Gasteiger partial charge in [0.25, 0.3) is 0 Å². The maximum absolute atomic E-state index is 11.9. The number of ether oxygens (including phenoxy) is 1. The minimum atomic E-state index is -4.50. The van der Waals surface area contributed by atoms with E-state index in [1.165, 1.54) is 12.1 Å². The predicted octanol–water partition coefficient (Wildman–Crippen LogP) is 2.52. The normalized spacial score (nSPS) is 11.3. The number of carboxylic acid groups (broad SMARTS) is 1. The average molecular weight is 305 g/mol. The highest BCUT2D eigenvalue weighted by Gasteiger charge is 2.27. The first-order chi connectivity index (χ1) is 9.60. The minimum Gasteiger partial charge on any atom is -0.478 e. The van der Waals surface area contributed by atoms with E-state index in [-0.39, 0.29) is 11.3 Å². The van der Waals surface area contributed by atoms with Crippen LogP contribution in [0.5, 0.6) is 0 Å². The fourth-order valence-corrected chi connectivity index (χ4v) is 1.61. The third kappa shape index (κ3) is 5.42. The van der Waals surface area contributed by atoms with Gasteiger partial charge < -0.3 is 15.2 Å². The summed E-state index contributed by atoms with van der Waals surface area (Å²) >= 11 is 0. The van der Waals surface area contributed by atoms with Crippen LogP contribution in [0.2, 0.25) is 0 Å². The molecule has 0 heterocycles. The van der Waals surface area contributed by atoms with E-state index in [0.717, 1.165) is 0 Å². The fraction of sp³-hybridized carbons (Fsp3) is 0.385. The van der Waals surface area contributed by atoms with Crippen LogP contribution >= 0.6 is 0 Å². The number of carbonyl (C=O) groups excluding carboxylic acids is 1. The van der Waals surface area contributed by atoms with E-state index in [1.807, 2.05) is 0 Å². The minimum absolute atomic E-state index is 0.0153. The molecule has 0 bridgehead atoms. The molecule has 0 radical (unpaired) electrons. The highest BCUT2D eigenvalue weighted by molar-refractivity contribution is 5.95. The topological polar surface area (TPSA) is 75.6 Å². The number of aromatic carboxylic acids is 1. The summed E-state index contributed by atoms with van der Waals surface area (Å²) in [5.41, 5.74) is 1.40. The molecule has 1 aromatic carbocycles. The smallest absolute Gasteiger partial charge is 0.411 e. The van der Waals surface area contributed by atoms with Crippen molar-refractivity contribution in [3.05, 3.63) is 28.8 Å². The molecule has 0 aliphatic rings. The summed E-state index contributed by atoms with van der Waals surface area (Å²) in [6.45, 7) is 0.997. The Morgan fingerprint density at radius 1 is 1.29 bits per heavy atom. The standard InChI is InChI=1S/C13H14F3NO4/c1-7-3-9(4-10(8(7)2)12(19)20)17-11(18)5-21-6-13(14,15)16/h3-4H,5-6H2,1-2H3,(H,17,18)(H,19,20). The molecule has 0 saturated carbocycles. The van der Waals surface area contributed by atoms with Crippen molar-refractivity contribution in [3.63, 3.8) is 0 Å². The van der Waals surface area contributed by atoms with Crippen molar-refractivity contribution in [1.29, 1.82) is 0 Å². The first-order valence-corrected chi connectivity index (χ1v) is 5.89. The summed E-state index contributed by atoms with van der Waals surface area (Å²) in [6, 6.07) is 2.77. The van der Waals surface area contributed by atoms with Gasteiger partial charge in [-0.1, -0.05) is 0 Å². The third-order valence-electron chi connectivity index (χ3n) is 2.68. The maximum Gasteiger partial charge on any atom is 0.411 e. The number of hydrogen-bond acceptors (Lipinski definition) is 3. The van der Waals surface area contributed by atoms with Crippen LogP contribution in [0, 0.1) is 13.8 Å². The SMILES string of the molecule is Cc1cc(NC(=O)COCC(F)(F)F)cc(C(=O)O)c1C. The zero-order valence-electron chi connectivity index (χ0n) is 11.4. The van der Waals surface area contributed by atoms with Crippen LogP contribution in [-0.4, -0.2) is 36.4 Å². The summed E-state index contributed by atoms with van der Waals surface area (Å²) in [6.07, 6.45) is -4.50. The van der Waals surface area contributed by atoms with Crippen molar-refractivity contribution in [2.75, 3.05) is 18.5 Å². The van der Waals surface area contributed by atoms with Crippen molar-refractivity contribution in [1.82, 2.24) is 0 Å². The monoisotopic (exact) mass is 305 g/mol. The summed E-state index contributed by atoms with van der Waals surface area (Å²) < 4.78 is 39.8. The second-order valence-corrected chi connectivity index (χ2v) is 4.43. The lowest BCUT2D eigenvalue weighted by molar-refractivity contribution is -0.174. The fourth-order valence-electron chi connectivity index (χ4n) is 1.61. The van der Waals surface area contributed by atoms with E-state index in [1.54, 1.807) is 13.8 Å². The molecule has 0 spiro atoms. The Morgan fingerprint density at radius 2 is 1.90 bits per heavy atom. The van der Waals surface area contributed by atoms with Gasteiger partial charge in [0, 0.05) is 5.69 Å².